The average Bonchev–Trinajstić information content (AvgIpc) is 3.20. The smallest absolute Gasteiger partial charge is 0.354 e. The molecule has 0 bridgehead atoms. The van der Waals surface area contributed by atoms with Crippen molar-refractivity contribution in [1.29, 1.82) is 0 Å². The lowest BCUT2D eigenvalue weighted by molar-refractivity contribution is 0.0690. The first kappa shape index (κ1) is 14.2. The average molecular weight is 319 g/mol. The maximum Gasteiger partial charge on any atom is 0.354 e. The highest BCUT2D eigenvalue weighted by Crippen LogP contribution is 2.31. The van der Waals surface area contributed by atoms with E-state index in [0.717, 1.165) is 22.2 Å². The number of aryl methyl sites for hydroxylation is 1. The topological polar surface area (TPSA) is 81.2 Å². The van der Waals surface area contributed by atoms with Gasteiger partial charge >= 0.3 is 5.97 Å². The summed E-state index contributed by atoms with van der Waals surface area (Å²) in [4.78, 5) is 19.0. The van der Waals surface area contributed by atoms with Crippen molar-refractivity contribution in [2.45, 2.75) is 0 Å². The van der Waals surface area contributed by atoms with Crippen LogP contribution in [0.25, 0.3) is 33.6 Å². The number of pyridine rings is 1. The minimum absolute atomic E-state index is 0.0106. The third-order valence-corrected chi connectivity index (χ3v) is 3.89. The predicted molar refractivity (Wildman–Crippen MR) is 88.6 cm³/mol. The molecule has 1 N–H and O–H groups in total. The van der Waals surface area contributed by atoms with Crippen molar-refractivity contribution in [3.63, 3.8) is 0 Å². The summed E-state index contributed by atoms with van der Waals surface area (Å²) in [6.07, 6.45) is 5.03. The van der Waals surface area contributed by atoms with Gasteiger partial charge in [0, 0.05) is 29.8 Å². The number of carboxylic acids is 1. The summed E-state index contributed by atoms with van der Waals surface area (Å²) in [5, 5.41) is 10.0. The number of hydrogen-bond acceptors (Lipinski definition) is 4. The van der Waals surface area contributed by atoms with Crippen LogP contribution in [0.1, 0.15) is 10.5 Å². The molecule has 0 radical (unpaired) electrons. The van der Waals surface area contributed by atoms with Gasteiger partial charge in [0.05, 0.1) is 18.2 Å². The molecular formula is C18H13N3O3. The maximum atomic E-state index is 11.1. The highest BCUT2D eigenvalue weighted by Gasteiger charge is 2.11. The van der Waals surface area contributed by atoms with Crippen molar-refractivity contribution in [3.05, 3.63) is 60.8 Å². The standard InChI is InChI=1S/C18H13N3O3/c1-21-10-19-9-15(21)11-2-3-16-13(6-11)8-17(24-16)12-4-5-20-14(7-12)18(22)23/h2-10H,1H3,(H,22,23). The van der Waals surface area contributed by atoms with Gasteiger partial charge in [0.15, 0.2) is 0 Å². The molecule has 0 fully saturated rings. The number of rotatable bonds is 3. The number of nitrogens with zero attached hydrogens (tertiary/aromatic N) is 3. The lowest BCUT2D eigenvalue weighted by atomic mass is 10.1. The van der Waals surface area contributed by atoms with Gasteiger partial charge in [-0.05, 0) is 36.4 Å². The van der Waals surface area contributed by atoms with Crippen LogP contribution in [0.5, 0.6) is 0 Å². The quantitative estimate of drug-likeness (QED) is 0.624. The molecule has 0 unspecified atom stereocenters. The second kappa shape index (κ2) is 5.34. The third kappa shape index (κ3) is 2.34. The largest absolute Gasteiger partial charge is 0.477 e. The van der Waals surface area contributed by atoms with Gasteiger partial charge in [-0.15, -0.1) is 0 Å². The Labute approximate surface area is 137 Å². The SMILES string of the molecule is Cn1cncc1-c1ccc2oc(-c3ccnc(C(=O)O)c3)cc2c1. The van der Waals surface area contributed by atoms with Gasteiger partial charge in [-0.2, -0.15) is 0 Å². The molecule has 3 aromatic heterocycles. The van der Waals surface area contributed by atoms with E-state index >= 15 is 0 Å². The number of hydrogen-bond donors (Lipinski definition) is 1. The molecule has 24 heavy (non-hydrogen) atoms. The van der Waals surface area contributed by atoms with Crippen LogP contribution >= 0.6 is 0 Å². The van der Waals surface area contributed by atoms with E-state index in [2.05, 4.69) is 9.97 Å². The van der Waals surface area contributed by atoms with Crippen molar-refractivity contribution in [2.75, 3.05) is 0 Å². The molecule has 0 spiro atoms. The number of aromatic nitrogens is 3. The summed E-state index contributed by atoms with van der Waals surface area (Å²) >= 11 is 0. The fourth-order valence-electron chi connectivity index (χ4n) is 2.68. The van der Waals surface area contributed by atoms with Crippen LogP contribution in [-0.4, -0.2) is 25.6 Å². The van der Waals surface area contributed by atoms with Crippen LogP contribution in [-0.2, 0) is 7.05 Å². The van der Waals surface area contributed by atoms with Gasteiger partial charge < -0.3 is 14.1 Å². The van der Waals surface area contributed by atoms with Gasteiger partial charge in [-0.25, -0.2) is 14.8 Å². The van der Waals surface area contributed by atoms with E-state index in [9.17, 15) is 4.79 Å². The molecule has 0 saturated carbocycles. The van der Waals surface area contributed by atoms with Crippen LogP contribution in [0.2, 0.25) is 0 Å². The van der Waals surface area contributed by atoms with E-state index in [0.29, 0.717) is 11.3 Å². The second-order valence-electron chi connectivity index (χ2n) is 5.49. The van der Waals surface area contributed by atoms with E-state index in [4.69, 9.17) is 9.52 Å². The van der Waals surface area contributed by atoms with E-state index in [1.54, 1.807) is 12.4 Å². The lowest BCUT2D eigenvalue weighted by Gasteiger charge is -2.01. The summed E-state index contributed by atoms with van der Waals surface area (Å²) < 4.78 is 7.80. The molecule has 4 rings (SSSR count). The van der Waals surface area contributed by atoms with Gasteiger partial charge in [0.1, 0.15) is 17.0 Å². The Morgan fingerprint density at radius 1 is 1.17 bits per heavy atom. The number of imidazole rings is 1. The number of fused-ring (bicyclic) bond motifs is 1. The Morgan fingerprint density at radius 3 is 2.79 bits per heavy atom. The number of aromatic carboxylic acids is 1. The second-order valence-corrected chi connectivity index (χ2v) is 5.49. The van der Waals surface area contributed by atoms with E-state index < -0.39 is 5.97 Å². The van der Waals surface area contributed by atoms with Gasteiger partial charge in [-0.3, -0.25) is 0 Å². The normalized spacial score (nSPS) is 11.0. The highest BCUT2D eigenvalue weighted by atomic mass is 16.4. The first-order valence-corrected chi connectivity index (χ1v) is 7.32. The Bertz CT molecular complexity index is 1060. The first-order valence-electron chi connectivity index (χ1n) is 7.32. The van der Waals surface area contributed by atoms with Crippen LogP contribution in [0.15, 0.2) is 59.5 Å². The predicted octanol–water partition coefficient (Wildman–Crippen LogP) is 3.59. The zero-order chi connectivity index (χ0) is 16.7. The Hall–Kier alpha value is -3.41. The van der Waals surface area contributed by atoms with Crippen molar-refractivity contribution in [3.8, 4) is 22.6 Å². The minimum atomic E-state index is -1.06. The van der Waals surface area contributed by atoms with Crippen LogP contribution in [0.4, 0.5) is 0 Å². The molecule has 6 heteroatoms. The number of benzene rings is 1. The van der Waals surface area contributed by atoms with Crippen LogP contribution in [0, 0.1) is 0 Å². The molecule has 4 aromatic rings. The minimum Gasteiger partial charge on any atom is -0.477 e. The molecule has 0 atom stereocenters. The summed E-state index contributed by atoms with van der Waals surface area (Å²) in [7, 11) is 1.94. The fourth-order valence-corrected chi connectivity index (χ4v) is 2.68. The number of carbonyl (C=O) groups is 1. The van der Waals surface area contributed by atoms with E-state index in [1.807, 2.05) is 42.1 Å². The van der Waals surface area contributed by atoms with Crippen molar-refractivity contribution in [1.82, 2.24) is 14.5 Å². The molecule has 1 aromatic carbocycles. The van der Waals surface area contributed by atoms with Crippen molar-refractivity contribution >= 4 is 16.9 Å². The van der Waals surface area contributed by atoms with Crippen molar-refractivity contribution in [2.24, 2.45) is 7.05 Å². The van der Waals surface area contributed by atoms with Gasteiger partial charge in [0.2, 0.25) is 0 Å². The molecule has 0 aliphatic rings. The maximum absolute atomic E-state index is 11.1. The summed E-state index contributed by atoms with van der Waals surface area (Å²) in [6, 6.07) is 11.0. The zero-order valence-corrected chi connectivity index (χ0v) is 12.8. The lowest BCUT2D eigenvalue weighted by Crippen LogP contribution is -1.99. The molecule has 0 amide bonds. The van der Waals surface area contributed by atoms with E-state index in [-0.39, 0.29) is 5.69 Å². The number of carboxylic acid groups (broad SMARTS) is 1. The molecule has 118 valence electrons. The zero-order valence-electron chi connectivity index (χ0n) is 12.8. The van der Waals surface area contributed by atoms with Crippen LogP contribution in [0.3, 0.4) is 0 Å². The summed E-state index contributed by atoms with van der Waals surface area (Å²) in [6.45, 7) is 0. The van der Waals surface area contributed by atoms with E-state index in [1.165, 1.54) is 12.3 Å². The molecule has 3 heterocycles. The Kier molecular flexibility index (Phi) is 3.16. The van der Waals surface area contributed by atoms with Crippen molar-refractivity contribution < 1.29 is 14.3 Å². The number of furan rings is 1. The monoisotopic (exact) mass is 319 g/mol. The molecule has 6 nitrogen and oxygen atoms in total. The Morgan fingerprint density at radius 2 is 2.04 bits per heavy atom. The Balaban J connectivity index is 1.80. The summed E-state index contributed by atoms with van der Waals surface area (Å²) in [5.74, 6) is -0.455. The first-order chi connectivity index (χ1) is 11.6. The fraction of sp³-hybridized carbons (Fsp3) is 0.0556. The molecule has 0 aliphatic carbocycles. The highest BCUT2D eigenvalue weighted by molar-refractivity contribution is 5.89. The summed E-state index contributed by atoms with van der Waals surface area (Å²) in [5.41, 5.74) is 3.46. The molecule has 0 aliphatic heterocycles. The van der Waals surface area contributed by atoms with Gasteiger partial charge in [-0.1, -0.05) is 0 Å². The van der Waals surface area contributed by atoms with Crippen LogP contribution < -0.4 is 0 Å². The third-order valence-electron chi connectivity index (χ3n) is 3.89. The molecular weight excluding hydrogens is 306 g/mol. The van der Waals surface area contributed by atoms with Gasteiger partial charge in [0.25, 0.3) is 0 Å². The molecule has 0 saturated heterocycles.